The smallest absolute Gasteiger partial charge is 0.325 e. The van der Waals surface area contributed by atoms with E-state index in [2.05, 4.69) is 0 Å². The van der Waals surface area contributed by atoms with Gasteiger partial charge in [0.2, 0.25) is 11.3 Å². The van der Waals surface area contributed by atoms with E-state index in [1.165, 1.54) is 6.92 Å². The molecule has 0 aromatic heterocycles. The highest BCUT2D eigenvalue weighted by molar-refractivity contribution is 6.13. The van der Waals surface area contributed by atoms with Crippen LogP contribution in [0, 0.1) is 5.41 Å². The lowest BCUT2D eigenvalue weighted by atomic mass is 9.87. The summed E-state index contributed by atoms with van der Waals surface area (Å²) in [4.78, 5) is 52.8. The number of carbonyl (C=O) groups excluding carboxylic acids is 4. The van der Waals surface area contributed by atoms with Crippen LogP contribution in [0.1, 0.15) is 98.8 Å². The van der Waals surface area contributed by atoms with E-state index in [-0.39, 0.29) is 0 Å². The number of halogens is 2. The normalized spacial score (nSPS) is 30.6. The Kier molecular flexibility index (Phi) is 6.92. The fraction of sp³-hybridized carbons (Fsp3) is 0.840. The highest BCUT2D eigenvalue weighted by Gasteiger charge is 2.69. The lowest BCUT2D eigenvalue weighted by molar-refractivity contribution is -0.190. The molecule has 1 heterocycles. The van der Waals surface area contributed by atoms with E-state index in [9.17, 15) is 28.0 Å². The summed E-state index contributed by atoms with van der Waals surface area (Å²) in [5, 5.41) is 0. The maximum atomic E-state index is 14.9. The average Bonchev–Trinajstić information content (AvgIpc) is 3.48. The van der Waals surface area contributed by atoms with Crippen LogP contribution in [0.15, 0.2) is 0 Å². The summed E-state index contributed by atoms with van der Waals surface area (Å²) in [6, 6.07) is 0. The monoisotopic (exact) mass is 485 g/mol. The molecule has 1 aliphatic heterocycles. The molecule has 3 rings (SSSR count). The first-order chi connectivity index (χ1) is 15.7. The third kappa shape index (κ3) is 4.13. The highest BCUT2D eigenvalue weighted by atomic mass is 19.2. The van der Waals surface area contributed by atoms with Crippen molar-refractivity contribution in [1.29, 1.82) is 0 Å². The van der Waals surface area contributed by atoms with Gasteiger partial charge in [-0.3, -0.25) is 24.1 Å². The fourth-order valence-electron chi connectivity index (χ4n) is 5.39. The van der Waals surface area contributed by atoms with Crippen LogP contribution in [0.5, 0.6) is 0 Å². The number of nitrogens with zero attached hydrogens (tertiary/aromatic N) is 1. The molecule has 2 unspecified atom stereocenters. The number of hydrogen-bond acceptors (Lipinski definition) is 6. The topological polar surface area (TPSA) is 90.0 Å². The van der Waals surface area contributed by atoms with Gasteiger partial charge in [0.25, 0.3) is 11.8 Å². The largest absolute Gasteiger partial charge is 0.458 e. The van der Waals surface area contributed by atoms with Gasteiger partial charge in [0.1, 0.15) is 11.2 Å². The number of hydrogen-bond donors (Lipinski definition) is 0. The quantitative estimate of drug-likeness (QED) is 0.288. The molecule has 0 N–H and O–H groups in total. The zero-order chi connectivity index (χ0) is 25.6. The van der Waals surface area contributed by atoms with Crippen molar-refractivity contribution < 1.29 is 37.4 Å². The average molecular weight is 486 g/mol. The van der Waals surface area contributed by atoms with E-state index in [1.54, 1.807) is 0 Å². The molecule has 2 atom stereocenters. The van der Waals surface area contributed by atoms with Gasteiger partial charge < -0.3 is 9.47 Å². The predicted molar refractivity (Wildman–Crippen MR) is 119 cm³/mol. The van der Waals surface area contributed by atoms with E-state index >= 15 is 0 Å². The number of rotatable bonds is 8. The molecular weight excluding hydrogens is 448 g/mol. The number of imide groups is 1. The summed E-state index contributed by atoms with van der Waals surface area (Å²) in [6.45, 7) is 5.54. The first-order valence-corrected chi connectivity index (χ1v) is 12.4. The summed E-state index contributed by atoms with van der Waals surface area (Å²) in [6.07, 6.45) is 7.06. The lowest BCUT2D eigenvalue weighted by Crippen LogP contribution is -2.54. The fourth-order valence-corrected chi connectivity index (χ4v) is 5.39. The Morgan fingerprint density at radius 2 is 1.15 bits per heavy atom. The summed E-state index contributed by atoms with van der Waals surface area (Å²) in [5.74, 6) is -4.74. The molecule has 3 fully saturated rings. The highest BCUT2D eigenvalue weighted by Crippen LogP contribution is 2.44. The Balaban J connectivity index is 1.96. The number of ether oxygens (including phenoxy) is 2. The standard InChI is InChI=1S/C25H37F2NO6/c1-6-24(12-8-9-13-24)33-19(31)21(3,20(32)34-25(7-2)14-10-11-15-25)16-28-17(29)22(4,26)23(5,27)18(28)30/h6-16H2,1-5H3. The van der Waals surface area contributed by atoms with Crippen LogP contribution in [-0.4, -0.2) is 57.7 Å². The molecule has 1 saturated heterocycles. The van der Waals surface area contributed by atoms with Gasteiger partial charge in [-0.25, -0.2) is 8.78 Å². The second-order valence-corrected chi connectivity index (χ2v) is 10.8. The number of esters is 2. The second kappa shape index (κ2) is 8.86. The Labute approximate surface area is 199 Å². The second-order valence-electron chi connectivity index (χ2n) is 10.8. The molecule has 7 nitrogen and oxygen atoms in total. The Morgan fingerprint density at radius 3 is 1.44 bits per heavy atom. The van der Waals surface area contributed by atoms with Gasteiger partial charge in [-0.2, -0.15) is 0 Å². The first-order valence-electron chi connectivity index (χ1n) is 12.4. The van der Waals surface area contributed by atoms with Crippen molar-refractivity contribution in [2.75, 3.05) is 6.54 Å². The molecule has 0 radical (unpaired) electrons. The summed E-state index contributed by atoms with van der Waals surface area (Å²) < 4.78 is 41.6. The maximum absolute atomic E-state index is 14.9. The van der Waals surface area contributed by atoms with Crippen LogP contribution in [0.2, 0.25) is 0 Å². The van der Waals surface area contributed by atoms with Crippen molar-refractivity contribution in [3.05, 3.63) is 0 Å². The molecule has 3 aliphatic rings. The van der Waals surface area contributed by atoms with Gasteiger partial charge in [0.05, 0.1) is 6.54 Å². The van der Waals surface area contributed by atoms with Crippen molar-refractivity contribution in [2.45, 2.75) is 121 Å². The van der Waals surface area contributed by atoms with Gasteiger partial charge in [-0.15, -0.1) is 0 Å². The summed E-state index contributed by atoms with van der Waals surface area (Å²) in [5.41, 5.74) is -9.87. The first kappa shape index (κ1) is 26.5. The van der Waals surface area contributed by atoms with Crippen LogP contribution in [0.4, 0.5) is 8.78 Å². The van der Waals surface area contributed by atoms with Gasteiger partial charge in [0.15, 0.2) is 5.41 Å². The van der Waals surface area contributed by atoms with Crippen LogP contribution >= 0.6 is 0 Å². The van der Waals surface area contributed by atoms with Crippen molar-refractivity contribution in [2.24, 2.45) is 5.41 Å². The van der Waals surface area contributed by atoms with E-state index in [0.29, 0.717) is 57.3 Å². The molecule has 0 aromatic rings. The molecule has 2 saturated carbocycles. The van der Waals surface area contributed by atoms with E-state index in [4.69, 9.17) is 9.47 Å². The van der Waals surface area contributed by atoms with Crippen molar-refractivity contribution in [1.82, 2.24) is 4.90 Å². The number of likely N-dealkylation sites (tertiary alicyclic amines) is 1. The zero-order valence-corrected chi connectivity index (χ0v) is 20.9. The molecule has 0 bridgehead atoms. The van der Waals surface area contributed by atoms with E-state index in [0.717, 1.165) is 25.7 Å². The lowest BCUT2D eigenvalue weighted by Gasteiger charge is -2.37. The zero-order valence-electron chi connectivity index (χ0n) is 20.9. The number of amides is 2. The van der Waals surface area contributed by atoms with Crippen molar-refractivity contribution in [3.8, 4) is 0 Å². The molecular formula is C25H37F2NO6. The van der Waals surface area contributed by atoms with Crippen LogP contribution < -0.4 is 0 Å². The minimum absolute atomic E-state index is 0.336. The van der Waals surface area contributed by atoms with Gasteiger partial charge in [-0.1, -0.05) is 13.8 Å². The Hall–Kier alpha value is -2.06. The molecule has 0 spiro atoms. The van der Waals surface area contributed by atoms with Crippen molar-refractivity contribution >= 4 is 23.8 Å². The van der Waals surface area contributed by atoms with Crippen LogP contribution in [-0.2, 0) is 28.7 Å². The maximum Gasteiger partial charge on any atom is 0.325 e. The van der Waals surface area contributed by atoms with Gasteiger partial charge in [0, 0.05) is 0 Å². The molecule has 9 heteroatoms. The Bertz CT molecular complexity index is 791. The van der Waals surface area contributed by atoms with Crippen LogP contribution in [0.3, 0.4) is 0 Å². The van der Waals surface area contributed by atoms with Gasteiger partial charge >= 0.3 is 11.9 Å². The minimum Gasteiger partial charge on any atom is -0.458 e. The molecule has 0 aromatic carbocycles. The Morgan fingerprint density at radius 1 is 0.824 bits per heavy atom. The minimum atomic E-state index is -3.12. The number of carbonyl (C=O) groups is 4. The van der Waals surface area contributed by atoms with Gasteiger partial charge in [-0.05, 0) is 85.0 Å². The molecule has 192 valence electrons. The number of alkyl halides is 2. The SMILES string of the molecule is CCC1(OC(=O)C(C)(CN2C(=O)C(C)(F)C(C)(F)C2=O)C(=O)OC2(CC)CCCC2)CCCC1. The summed E-state index contributed by atoms with van der Waals surface area (Å²) in [7, 11) is 0. The summed E-state index contributed by atoms with van der Waals surface area (Å²) >= 11 is 0. The third-order valence-electron chi connectivity index (χ3n) is 8.49. The van der Waals surface area contributed by atoms with Crippen molar-refractivity contribution in [3.63, 3.8) is 0 Å². The third-order valence-corrected chi connectivity index (χ3v) is 8.49. The molecule has 34 heavy (non-hydrogen) atoms. The molecule has 2 amide bonds. The predicted octanol–water partition coefficient (Wildman–Crippen LogP) is 4.35. The van der Waals surface area contributed by atoms with Crippen LogP contribution in [0.25, 0.3) is 0 Å². The van der Waals surface area contributed by atoms with E-state index in [1.807, 2.05) is 13.8 Å². The van der Waals surface area contributed by atoms with E-state index < -0.39 is 58.3 Å². The molecule has 2 aliphatic carbocycles.